The predicted octanol–water partition coefficient (Wildman–Crippen LogP) is 6.38. The van der Waals surface area contributed by atoms with Crippen LogP contribution in [0.15, 0.2) is 18.2 Å². The highest BCUT2D eigenvalue weighted by atomic mass is 35.5. The topological polar surface area (TPSA) is 52.6 Å². The van der Waals surface area contributed by atoms with E-state index in [2.05, 4.69) is 6.92 Å². The van der Waals surface area contributed by atoms with Crippen LogP contribution in [0.25, 0.3) is 0 Å². The lowest BCUT2D eigenvalue weighted by atomic mass is 10.1. The van der Waals surface area contributed by atoms with E-state index in [-0.39, 0.29) is 30.0 Å². The van der Waals surface area contributed by atoms with Crippen molar-refractivity contribution in [2.75, 3.05) is 6.61 Å². The molecular formula is C22H32ClFO4. The van der Waals surface area contributed by atoms with E-state index in [1.54, 1.807) is 0 Å². The van der Waals surface area contributed by atoms with E-state index in [1.807, 2.05) is 0 Å². The van der Waals surface area contributed by atoms with Crippen LogP contribution in [-0.2, 0) is 25.7 Å². The van der Waals surface area contributed by atoms with E-state index in [0.29, 0.717) is 6.61 Å². The number of hydrogen-bond donors (Lipinski definition) is 0. The lowest BCUT2D eigenvalue weighted by Gasteiger charge is -2.08. The van der Waals surface area contributed by atoms with E-state index in [9.17, 15) is 14.0 Å². The number of unbranched alkanes of at least 4 members (excludes halogenated alkanes) is 8. The van der Waals surface area contributed by atoms with Gasteiger partial charge in [0.05, 0.1) is 24.5 Å². The largest absolute Gasteiger partial charge is 0.466 e. The first-order chi connectivity index (χ1) is 13.5. The molecular weight excluding hydrogens is 383 g/mol. The summed E-state index contributed by atoms with van der Waals surface area (Å²) in [7, 11) is 0. The van der Waals surface area contributed by atoms with Gasteiger partial charge in [-0.2, -0.15) is 0 Å². The number of rotatable bonds is 15. The molecule has 1 aromatic rings. The summed E-state index contributed by atoms with van der Waals surface area (Å²) in [5.74, 6) is -1.53. The molecule has 0 aliphatic carbocycles. The first-order valence-electron chi connectivity index (χ1n) is 10.3. The van der Waals surface area contributed by atoms with Crippen molar-refractivity contribution in [3.05, 3.63) is 34.6 Å². The summed E-state index contributed by atoms with van der Waals surface area (Å²) in [6.45, 7) is 2.35. The van der Waals surface area contributed by atoms with E-state index in [0.717, 1.165) is 19.3 Å². The third-order valence-corrected chi connectivity index (χ3v) is 4.84. The molecule has 0 heterocycles. The number of carbonyl (C=O) groups is 2. The fraction of sp³-hybridized carbons (Fsp3) is 0.636. The summed E-state index contributed by atoms with van der Waals surface area (Å²) in [6, 6.07) is 4.25. The summed E-state index contributed by atoms with van der Waals surface area (Å²) in [5.41, 5.74) is 0.130. The monoisotopic (exact) mass is 414 g/mol. The van der Waals surface area contributed by atoms with E-state index in [4.69, 9.17) is 21.1 Å². The molecule has 0 bridgehead atoms. The van der Waals surface area contributed by atoms with Gasteiger partial charge in [-0.3, -0.25) is 9.59 Å². The second-order valence-electron chi connectivity index (χ2n) is 6.91. The van der Waals surface area contributed by atoms with Gasteiger partial charge in [-0.15, -0.1) is 0 Å². The maximum atomic E-state index is 13.6. The average molecular weight is 415 g/mol. The van der Waals surface area contributed by atoms with E-state index >= 15 is 0 Å². The van der Waals surface area contributed by atoms with Crippen molar-refractivity contribution in [2.45, 2.75) is 84.2 Å². The Morgan fingerprint density at radius 2 is 1.46 bits per heavy atom. The van der Waals surface area contributed by atoms with Crippen molar-refractivity contribution in [1.82, 2.24) is 0 Å². The van der Waals surface area contributed by atoms with Crippen molar-refractivity contribution in [2.24, 2.45) is 0 Å². The number of carbonyl (C=O) groups excluding carboxylic acids is 2. The Kier molecular flexibility index (Phi) is 13.4. The molecule has 0 saturated carbocycles. The molecule has 4 nitrogen and oxygen atoms in total. The molecule has 0 radical (unpaired) electrons. The standard InChI is InChI=1S/C22H32ClFO4/c1-2-3-4-5-6-7-8-9-10-16-27-21(25)14-15-22(26)28-17-18-19(23)12-11-13-20(18)24/h11-13H,2-10,14-17H2,1H3. The molecule has 0 atom stereocenters. The maximum absolute atomic E-state index is 13.6. The Morgan fingerprint density at radius 1 is 0.893 bits per heavy atom. The van der Waals surface area contributed by atoms with Crippen LogP contribution in [0, 0.1) is 5.82 Å². The van der Waals surface area contributed by atoms with Crippen LogP contribution in [-0.4, -0.2) is 18.5 Å². The SMILES string of the molecule is CCCCCCCCCCCOC(=O)CCC(=O)OCc1c(F)cccc1Cl. The number of hydrogen-bond acceptors (Lipinski definition) is 4. The van der Waals surface area contributed by atoms with Gasteiger partial charge >= 0.3 is 11.9 Å². The van der Waals surface area contributed by atoms with Gasteiger partial charge in [0, 0.05) is 5.56 Å². The summed E-state index contributed by atoms with van der Waals surface area (Å²) >= 11 is 5.87. The normalized spacial score (nSPS) is 10.7. The van der Waals surface area contributed by atoms with E-state index in [1.165, 1.54) is 56.7 Å². The van der Waals surface area contributed by atoms with Crippen molar-refractivity contribution in [1.29, 1.82) is 0 Å². The van der Waals surface area contributed by atoms with Crippen LogP contribution < -0.4 is 0 Å². The lowest BCUT2D eigenvalue weighted by Crippen LogP contribution is -2.11. The highest BCUT2D eigenvalue weighted by molar-refractivity contribution is 6.31. The Morgan fingerprint density at radius 3 is 2.07 bits per heavy atom. The van der Waals surface area contributed by atoms with Crippen LogP contribution in [0.4, 0.5) is 4.39 Å². The van der Waals surface area contributed by atoms with Gasteiger partial charge < -0.3 is 9.47 Å². The average Bonchev–Trinajstić information content (AvgIpc) is 2.67. The van der Waals surface area contributed by atoms with Crippen LogP contribution >= 0.6 is 11.6 Å². The van der Waals surface area contributed by atoms with Crippen molar-refractivity contribution >= 4 is 23.5 Å². The first-order valence-corrected chi connectivity index (χ1v) is 10.7. The molecule has 0 aromatic heterocycles. The molecule has 0 N–H and O–H groups in total. The lowest BCUT2D eigenvalue weighted by molar-refractivity contribution is -0.151. The van der Waals surface area contributed by atoms with Crippen LogP contribution in [0.5, 0.6) is 0 Å². The molecule has 1 rings (SSSR count). The molecule has 6 heteroatoms. The highest BCUT2D eigenvalue weighted by Crippen LogP contribution is 2.20. The van der Waals surface area contributed by atoms with Crippen LogP contribution in [0.1, 0.15) is 83.1 Å². The zero-order valence-electron chi connectivity index (χ0n) is 16.8. The molecule has 1 aromatic carbocycles. The molecule has 0 aliphatic rings. The zero-order valence-corrected chi connectivity index (χ0v) is 17.6. The van der Waals surface area contributed by atoms with Gasteiger partial charge in [0.15, 0.2) is 0 Å². The summed E-state index contributed by atoms with van der Waals surface area (Å²) in [4.78, 5) is 23.3. The maximum Gasteiger partial charge on any atom is 0.306 e. The number of ether oxygens (including phenoxy) is 2. The van der Waals surface area contributed by atoms with Gasteiger partial charge in [-0.1, -0.05) is 76.0 Å². The van der Waals surface area contributed by atoms with Crippen molar-refractivity contribution in [3.8, 4) is 0 Å². The Hall–Kier alpha value is -1.62. The number of halogens is 2. The number of benzene rings is 1. The summed E-state index contributed by atoms with van der Waals surface area (Å²) in [5, 5.41) is 0.202. The van der Waals surface area contributed by atoms with Crippen LogP contribution in [0.3, 0.4) is 0 Å². The molecule has 0 saturated heterocycles. The van der Waals surface area contributed by atoms with Crippen molar-refractivity contribution < 1.29 is 23.5 Å². The first kappa shape index (κ1) is 24.4. The summed E-state index contributed by atoms with van der Waals surface area (Å²) in [6.07, 6.45) is 10.6. The number of esters is 2. The molecule has 0 unspecified atom stereocenters. The molecule has 28 heavy (non-hydrogen) atoms. The zero-order chi connectivity index (χ0) is 20.6. The van der Waals surface area contributed by atoms with Gasteiger partial charge in [-0.25, -0.2) is 4.39 Å². The van der Waals surface area contributed by atoms with Gasteiger partial charge in [0.25, 0.3) is 0 Å². The predicted molar refractivity (Wildman–Crippen MR) is 109 cm³/mol. The smallest absolute Gasteiger partial charge is 0.306 e. The highest BCUT2D eigenvalue weighted by Gasteiger charge is 2.12. The minimum Gasteiger partial charge on any atom is -0.466 e. The fourth-order valence-corrected chi connectivity index (χ4v) is 2.99. The van der Waals surface area contributed by atoms with Crippen molar-refractivity contribution in [3.63, 3.8) is 0 Å². The van der Waals surface area contributed by atoms with Gasteiger partial charge in [0.1, 0.15) is 12.4 Å². The Labute approximate surface area is 172 Å². The Balaban J connectivity index is 2.02. The third kappa shape index (κ3) is 11.3. The van der Waals surface area contributed by atoms with Gasteiger partial charge in [0.2, 0.25) is 0 Å². The van der Waals surface area contributed by atoms with Gasteiger partial charge in [-0.05, 0) is 18.6 Å². The second-order valence-corrected chi connectivity index (χ2v) is 7.32. The quantitative estimate of drug-likeness (QED) is 0.247. The molecule has 0 aliphatic heterocycles. The minimum atomic E-state index is -0.584. The fourth-order valence-electron chi connectivity index (χ4n) is 2.77. The third-order valence-electron chi connectivity index (χ3n) is 4.48. The molecule has 0 spiro atoms. The minimum absolute atomic E-state index is 0.0404. The second kappa shape index (κ2) is 15.3. The molecule has 158 valence electrons. The molecule has 0 amide bonds. The van der Waals surface area contributed by atoms with Crippen LogP contribution in [0.2, 0.25) is 5.02 Å². The summed E-state index contributed by atoms with van der Waals surface area (Å²) < 4.78 is 23.7. The molecule has 0 fully saturated rings. The van der Waals surface area contributed by atoms with E-state index < -0.39 is 17.8 Å². The Bertz CT molecular complexity index is 572.